The Kier molecular flexibility index (Phi) is 2.88. The lowest BCUT2D eigenvalue weighted by atomic mass is 9.89. The van der Waals surface area contributed by atoms with Crippen molar-refractivity contribution in [1.29, 1.82) is 0 Å². The minimum atomic E-state index is 0.580. The summed E-state index contributed by atoms with van der Waals surface area (Å²) < 4.78 is 0. The Labute approximate surface area is 119 Å². The molecule has 3 heteroatoms. The second-order valence-corrected chi connectivity index (χ2v) is 6.06. The Balaban J connectivity index is 1.71. The van der Waals surface area contributed by atoms with E-state index in [0.717, 1.165) is 18.2 Å². The normalized spacial score (nSPS) is 28.1. The summed E-state index contributed by atoms with van der Waals surface area (Å²) in [7, 11) is 0. The summed E-state index contributed by atoms with van der Waals surface area (Å²) in [6, 6.07) is 11.9. The van der Waals surface area contributed by atoms with Crippen LogP contribution in [0.1, 0.15) is 43.6 Å². The number of fused-ring (bicyclic) bond motifs is 2. The third-order valence-electron chi connectivity index (χ3n) is 4.85. The maximum atomic E-state index is 4.96. The van der Waals surface area contributed by atoms with E-state index in [2.05, 4.69) is 47.6 Å². The molecule has 1 aromatic heterocycles. The molecule has 3 heterocycles. The van der Waals surface area contributed by atoms with Gasteiger partial charge in [-0.2, -0.15) is 0 Å². The van der Waals surface area contributed by atoms with E-state index in [-0.39, 0.29) is 0 Å². The number of hydrogen-bond donors (Lipinski definition) is 2. The van der Waals surface area contributed by atoms with Crippen molar-refractivity contribution in [3.05, 3.63) is 41.9 Å². The molecule has 1 aromatic carbocycles. The predicted molar refractivity (Wildman–Crippen MR) is 80.7 cm³/mol. The van der Waals surface area contributed by atoms with Gasteiger partial charge in [-0.15, -0.1) is 0 Å². The molecule has 2 aliphatic rings. The van der Waals surface area contributed by atoms with E-state index in [0.29, 0.717) is 12.0 Å². The first-order valence-corrected chi connectivity index (χ1v) is 7.75. The Morgan fingerprint density at radius 2 is 2.05 bits per heavy atom. The Morgan fingerprint density at radius 1 is 1.20 bits per heavy atom. The van der Waals surface area contributed by atoms with Crippen molar-refractivity contribution >= 4 is 0 Å². The van der Waals surface area contributed by atoms with E-state index < -0.39 is 0 Å². The first kappa shape index (κ1) is 12.2. The summed E-state index contributed by atoms with van der Waals surface area (Å²) in [6.07, 6.45) is 4.90. The maximum absolute atomic E-state index is 4.96. The summed E-state index contributed by atoms with van der Waals surface area (Å²) in [5.74, 6) is 1.77. The summed E-state index contributed by atoms with van der Waals surface area (Å²) in [6.45, 7) is 2.20. The number of aromatic nitrogens is 2. The zero-order valence-electron chi connectivity index (χ0n) is 11.9. The van der Waals surface area contributed by atoms with Crippen LogP contribution in [-0.2, 0) is 6.42 Å². The average Bonchev–Trinajstić information content (AvgIpc) is 3.22. The zero-order chi connectivity index (χ0) is 13.5. The van der Waals surface area contributed by atoms with E-state index in [9.17, 15) is 0 Å². The van der Waals surface area contributed by atoms with Crippen LogP contribution in [0, 0.1) is 0 Å². The molecule has 2 N–H and O–H groups in total. The molecule has 3 nitrogen and oxygen atoms in total. The van der Waals surface area contributed by atoms with E-state index in [1.807, 2.05) is 0 Å². The lowest BCUT2D eigenvalue weighted by molar-refractivity contribution is 0.489. The first-order chi connectivity index (χ1) is 9.85. The monoisotopic (exact) mass is 267 g/mol. The van der Waals surface area contributed by atoms with Crippen molar-refractivity contribution in [2.45, 2.75) is 50.6 Å². The van der Waals surface area contributed by atoms with Crippen LogP contribution in [0.2, 0.25) is 0 Å². The third kappa shape index (κ3) is 1.88. The first-order valence-electron chi connectivity index (χ1n) is 7.75. The summed E-state index contributed by atoms with van der Waals surface area (Å²) in [4.78, 5) is 8.56. The van der Waals surface area contributed by atoms with Gasteiger partial charge < -0.3 is 10.3 Å². The minimum Gasteiger partial charge on any atom is -0.345 e. The number of rotatable bonds is 3. The summed E-state index contributed by atoms with van der Waals surface area (Å²) in [5, 5.41) is 3.70. The lowest BCUT2D eigenvalue weighted by Crippen LogP contribution is -2.22. The van der Waals surface area contributed by atoms with Crippen molar-refractivity contribution in [2.24, 2.45) is 0 Å². The van der Waals surface area contributed by atoms with Crippen LogP contribution < -0.4 is 5.32 Å². The van der Waals surface area contributed by atoms with Gasteiger partial charge in [0.25, 0.3) is 0 Å². The van der Waals surface area contributed by atoms with Crippen LogP contribution in [0.3, 0.4) is 0 Å². The second kappa shape index (κ2) is 4.74. The number of aryl methyl sites for hydroxylation is 1. The molecule has 104 valence electrons. The number of nitrogens with zero attached hydrogens (tertiary/aromatic N) is 1. The number of H-pyrrole nitrogens is 1. The molecule has 4 rings (SSSR count). The highest BCUT2D eigenvalue weighted by atomic mass is 15.1. The number of aromatic amines is 1. The fraction of sp³-hybridized carbons (Fsp3) is 0.471. The van der Waals surface area contributed by atoms with Gasteiger partial charge >= 0.3 is 0 Å². The van der Waals surface area contributed by atoms with Gasteiger partial charge in [0.05, 0.1) is 5.69 Å². The van der Waals surface area contributed by atoms with Gasteiger partial charge in [0, 0.05) is 29.3 Å². The summed E-state index contributed by atoms with van der Waals surface area (Å²) in [5.41, 5.74) is 3.64. The molecule has 2 bridgehead atoms. The molecule has 20 heavy (non-hydrogen) atoms. The SMILES string of the molecule is CCc1[nH]c(C2CC3CCC2N3)nc1-c1ccccc1. The quantitative estimate of drug-likeness (QED) is 0.896. The molecule has 2 fully saturated rings. The highest BCUT2D eigenvalue weighted by Crippen LogP contribution is 2.39. The number of nitrogens with one attached hydrogen (secondary N) is 2. The molecule has 3 atom stereocenters. The molecule has 2 aliphatic heterocycles. The fourth-order valence-corrected chi connectivity index (χ4v) is 3.82. The second-order valence-electron chi connectivity index (χ2n) is 6.06. The van der Waals surface area contributed by atoms with Crippen LogP contribution in [-0.4, -0.2) is 22.1 Å². The number of hydrogen-bond acceptors (Lipinski definition) is 2. The van der Waals surface area contributed by atoms with Gasteiger partial charge in [0.15, 0.2) is 0 Å². The summed E-state index contributed by atoms with van der Waals surface area (Å²) >= 11 is 0. The van der Waals surface area contributed by atoms with Crippen molar-refractivity contribution < 1.29 is 0 Å². The standard InChI is InChI=1S/C17H21N3/c1-2-14-16(11-6-4-3-5-7-11)20-17(19-14)13-10-12-8-9-15(13)18-12/h3-7,12-13,15,18H,2,8-10H2,1H3,(H,19,20). The highest BCUT2D eigenvalue weighted by Gasteiger charge is 2.41. The third-order valence-corrected chi connectivity index (χ3v) is 4.85. The smallest absolute Gasteiger partial charge is 0.111 e. The van der Waals surface area contributed by atoms with Crippen molar-refractivity contribution in [3.63, 3.8) is 0 Å². The fourth-order valence-electron chi connectivity index (χ4n) is 3.82. The molecule has 0 amide bonds. The van der Waals surface area contributed by atoms with Crippen molar-refractivity contribution in [1.82, 2.24) is 15.3 Å². The molecular formula is C17H21N3. The predicted octanol–water partition coefficient (Wildman–Crippen LogP) is 3.25. The van der Waals surface area contributed by atoms with Gasteiger partial charge in [-0.25, -0.2) is 4.98 Å². The van der Waals surface area contributed by atoms with Crippen LogP contribution in [0.5, 0.6) is 0 Å². The van der Waals surface area contributed by atoms with E-state index >= 15 is 0 Å². The molecule has 0 radical (unpaired) electrons. The van der Waals surface area contributed by atoms with Crippen molar-refractivity contribution in [2.75, 3.05) is 0 Å². The number of benzene rings is 1. The molecular weight excluding hydrogens is 246 g/mol. The van der Waals surface area contributed by atoms with Gasteiger partial charge in [-0.05, 0) is 25.7 Å². The maximum Gasteiger partial charge on any atom is 0.111 e. The van der Waals surface area contributed by atoms with E-state index in [4.69, 9.17) is 4.98 Å². The topological polar surface area (TPSA) is 40.7 Å². The average molecular weight is 267 g/mol. The van der Waals surface area contributed by atoms with E-state index in [1.54, 1.807) is 0 Å². The van der Waals surface area contributed by atoms with Crippen molar-refractivity contribution in [3.8, 4) is 11.3 Å². The number of imidazole rings is 1. The van der Waals surface area contributed by atoms with Gasteiger partial charge in [0.2, 0.25) is 0 Å². The molecule has 0 saturated carbocycles. The van der Waals surface area contributed by atoms with E-state index in [1.165, 1.54) is 36.3 Å². The Morgan fingerprint density at radius 3 is 2.70 bits per heavy atom. The van der Waals surface area contributed by atoms with Gasteiger partial charge in [-0.3, -0.25) is 0 Å². The Hall–Kier alpha value is -1.61. The van der Waals surface area contributed by atoms with Crippen LogP contribution >= 0.6 is 0 Å². The lowest BCUT2D eigenvalue weighted by Gasteiger charge is -2.17. The molecule has 2 saturated heterocycles. The molecule has 3 unspecified atom stereocenters. The largest absolute Gasteiger partial charge is 0.345 e. The molecule has 0 spiro atoms. The molecule has 2 aromatic rings. The molecule has 0 aliphatic carbocycles. The van der Waals surface area contributed by atoms with Gasteiger partial charge in [0.1, 0.15) is 5.82 Å². The highest BCUT2D eigenvalue weighted by molar-refractivity contribution is 5.62. The van der Waals surface area contributed by atoms with Gasteiger partial charge in [-0.1, -0.05) is 37.3 Å². The minimum absolute atomic E-state index is 0.580. The van der Waals surface area contributed by atoms with Crippen LogP contribution in [0.15, 0.2) is 30.3 Å². The Bertz CT molecular complexity index is 602. The zero-order valence-corrected chi connectivity index (χ0v) is 11.9. The van der Waals surface area contributed by atoms with Crippen LogP contribution in [0.25, 0.3) is 11.3 Å². The van der Waals surface area contributed by atoms with Crippen LogP contribution in [0.4, 0.5) is 0 Å².